The summed E-state index contributed by atoms with van der Waals surface area (Å²) in [5.41, 5.74) is 1.09. The van der Waals surface area contributed by atoms with Crippen LogP contribution >= 0.6 is 11.6 Å². The van der Waals surface area contributed by atoms with Crippen LogP contribution in [0.4, 0.5) is 0 Å². The van der Waals surface area contributed by atoms with E-state index < -0.39 is 0 Å². The molecule has 0 saturated heterocycles. The van der Waals surface area contributed by atoms with Gasteiger partial charge >= 0.3 is 0 Å². The van der Waals surface area contributed by atoms with Crippen molar-refractivity contribution in [3.63, 3.8) is 0 Å². The summed E-state index contributed by atoms with van der Waals surface area (Å²) in [7, 11) is 0. The molecular weight excluding hydrogens is 260 g/mol. The molecule has 1 aromatic rings. The maximum absolute atomic E-state index is 6.25. The smallest absolute Gasteiger partial charge is 0.232 e. The van der Waals surface area contributed by atoms with Gasteiger partial charge in [0.15, 0.2) is 0 Å². The minimum atomic E-state index is 0.290. The van der Waals surface area contributed by atoms with Crippen LogP contribution in [0, 0.1) is 0 Å². The van der Waals surface area contributed by atoms with E-state index in [1.165, 1.54) is 19.3 Å². The summed E-state index contributed by atoms with van der Waals surface area (Å²) in [6, 6.07) is 2.40. The van der Waals surface area contributed by atoms with Crippen molar-refractivity contribution >= 4 is 11.6 Å². The van der Waals surface area contributed by atoms with Crippen molar-refractivity contribution in [2.45, 2.75) is 64.6 Å². The second-order valence-electron chi connectivity index (χ2n) is 5.54. The molecule has 106 valence electrons. The van der Waals surface area contributed by atoms with Crippen LogP contribution in [0.15, 0.2) is 12.3 Å². The van der Waals surface area contributed by atoms with E-state index in [0.29, 0.717) is 23.0 Å². The predicted octanol–water partition coefficient (Wildman–Crippen LogP) is 3.94. The zero-order valence-electron chi connectivity index (χ0n) is 11.8. The lowest BCUT2D eigenvalue weighted by Crippen LogP contribution is -2.22. The van der Waals surface area contributed by atoms with Gasteiger partial charge < -0.3 is 10.1 Å². The SMILES string of the molecule is CC(C)NCc1cnc(OC2CCCCC2)c(Cl)c1. The highest BCUT2D eigenvalue weighted by Gasteiger charge is 2.17. The first-order valence-electron chi connectivity index (χ1n) is 7.19. The minimum absolute atomic E-state index is 0.290. The van der Waals surface area contributed by atoms with Crippen molar-refractivity contribution in [2.75, 3.05) is 0 Å². The fourth-order valence-corrected chi connectivity index (χ4v) is 2.54. The molecule has 1 heterocycles. The molecule has 1 saturated carbocycles. The molecule has 4 heteroatoms. The fourth-order valence-electron chi connectivity index (χ4n) is 2.31. The molecule has 0 unspecified atom stereocenters. The van der Waals surface area contributed by atoms with E-state index in [4.69, 9.17) is 16.3 Å². The van der Waals surface area contributed by atoms with Gasteiger partial charge in [-0.25, -0.2) is 4.98 Å². The van der Waals surface area contributed by atoms with Crippen LogP contribution in [-0.2, 0) is 6.54 Å². The number of aromatic nitrogens is 1. The molecule has 0 radical (unpaired) electrons. The van der Waals surface area contributed by atoms with E-state index in [0.717, 1.165) is 24.9 Å². The zero-order chi connectivity index (χ0) is 13.7. The second-order valence-corrected chi connectivity index (χ2v) is 5.95. The van der Waals surface area contributed by atoms with Gasteiger partial charge in [0.05, 0.1) is 0 Å². The van der Waals surface area contributed by atoms with E-state index in [9.17, 15) is 0 Å². The fraction of sp³-hybridized carbons (Fsp3) is 0.667. The third kappa shape index (κ3) is 4.66. The van der Waals surface area contributed by atoms with Crippen LogP contribution in [0.2, 0.25) is 5.02 Å². The van der Waals surface area contributed by atoms with E-state index in [1.54, 1.807) is 0 Å². The van der Waals surface area contributed by atoms with Crippen LogP contribution in [0.5, 0.6) is 5.88 Å². The van der Waals surface area contributed by atoms with Crippen molar-refractivity contribution in [3.05, 3.63) is 22.8 Å². The predicted molar refractivity (Wildman–Crippen MR) is 78.7 cm³/mol. The lowest BCUT2D eigenvalue weighted by molar-refractivity contribution is 0.149. The topological polar surface area (TPSA) is 34.2 Å². The van der Waals surface area contributed by atoms with Gasteiger partial charge in [0, 0.05) is 18.8 Å². The zero-order valence-corrected chi connectivity index (χ0v) is 12.5. The van der Waals surface area contributed by atoms with Crippen LogP contribution in [0.1, 0.15) is 51.5 Å². The van der Waals surface area contributed by atoms with Gasteiger partial charge in [0.1, 0.15) is 11.1 Å². The Labute approximate surface area is 120 Å². The van der Waals surface area contributed by atoms with Crippen molar-refractivity contribution in [1.82, 2.24) is 10.3 Å². The Hall–Kier alpha value is -0.800. The quantitative estimate of drug-likeness (QED) is 0.888. The maximum atomic E-state index is 6.25. The lowest BCUT2D eigenvalue weighted by atomic mass is 9.98. The highest BCUT2D eigenvalue weighted by molar-refractivity contribution is 6.31. The number of nitrogens with zero attached hydrogens (tertiary/aromatic N) is 1. The number of nitrogens with one attached hydrogen (secondary N) is 1. The Balaban J connectivity index is 1.94. The van der Waals surface area contributed by atoms with Crippen molar-refractivity contribution < 1.29 is 4.74 Å². The number of ether oxygens (including phenoxy) is 1. The van der Waals surface area contributed by atoms with Crippen LogP contribution in [0.3, 0.4) is 0 Å². The Kier molecular flexibility index (Phi) is 5.46. The Bertz CT molecular complexity index is 403. The summed E-state index contributed by atoms with van der Waals surface area (Å²) in [5, 5.41) is 3.97. The summed E-state index contributed by atoms with van der Waals surface area (Å²) in [5.74, 6) is 0.585. The van der Waals surface area contributed by atoms with Crippen molar-refractivity contribution in [3.8, 4) is 5.88 Å². The van der Waals surface area contributed by atoms with E-state index in [-0.39, 0.29) is 0 Å². The summed E-state index contributed by atoms with van der Waals surface area (Å²) < 4.78 is 5.90. The van der Waals surface area contributed by atoms with Crippen molar-refractivity contribution in [1.29, 1.82) is 0 Å². The summed E-state index contributed by atoms with van der Waals surface area (Å²) in [6.45, 7) is 5.03. The molecule has 0 spiro atoms. The van der Waals surface area contributed by atoms with Crippen LogP contribution in [-0.4, -0.2) is 17.1 Å². The normalized spacial score (nSPS) is 16.8. The summed E-state index contributed by atoms with van der Waals surface area (Å²) in [4.78, 5) is 4.36. The minimum Gasteiger partial charge on any atom is -0.473 e. The molecular formula is C15H23ClN2O. The molecule has 0 atom stereocenters. The third-order valence-corrected chi connectivity index (χ3v) is 3.68. The second kappa shape index (κ2) is 7.11. The summed E-state index contributed by atoms with van der Waals surface area (Å²) >= 11 is 6.25. The third-order valence-electron chi connectivity index (χ3n) is 3.41. The van der Waals surface area contributed by atoms with E-state index in [2.05, 4.69) is 24.1 Å². The van der Waals surface area contributed by atoms with Gasteiger partial charge in [0.25, 0.3) is 0 Å². The van der Waals surface area contributed by atoms with Gasteiger partial charge in [-0.15, -0.1) is 0 Å². The van der Waals surface area contributed by atoms with Gasteiger partial charge in [0.2, 0.25) is 5.88 Å². The average Bonchev–Trinajstić information content (AvgIpc) is 2.40. The average molecular weight is 283 g/mol. The molecule has 19 heavy (non-hydrogen) atoms. The standard InChI is InChI=1S/C15H23ClN2O/c1-11(2)17-9-12-8-14(16)15(18-10-12)19-13-6-4-3-5-7-13/h8,10-11,13,17H,3-7,9H2,1-2H3. The van der Waals surface area contributed by atoms with Crippen LogP contribution < -0.4 is 10.1 Å². The first kappa shape index (κ1) is 14.6. The number of pyridine rings is 1. The molecule has 0 aromatic carbocycles. The summed E-state index contributed by atoms with van der Waals surface area (Å²) in [6.07, 6.45) is 8.19. The molecule has 3 nitrogen and oxygen atoms in total. The van der Waals surface area contributed by atoms with E-state index in [1.807, 2.05) is 12.3 Å². The number of hydrogen-bond acceptors (Lipinski definition) is 3. The van der Waals surface area contributed by atoms with Crippen LogP contribution in [0.25, 0.3) is 0 Å². The number of rotatable bonds is 5. The molecule has 1 N–H and O–H groups in total. The number of hydrogen-bond donors (Lipinski definition) is 1. The molecule has 0 amide bonds. The molecule has 2 rings (SSSR count). The largest absolute Gasteiger partial charge is 0.473 e. The van der Waals surface area contributed by atoms with Gasteiger partial charge in [-0.3, -0.25) is 0 Å². The Morgan fingerprint density at radius 3 is 2.74 bits per heavy atom. The lowest BCUT2D eigenvalue weighted by Gasteiger charge is -2.22. The maximum Gasteiger partial charge on any atom is 0.232 e. The molecule has 1 aliphatic rings. The molecule has 1 aromatic heterocycles. The highest BCUT2D eigenvalue weighted by Crippen LogP contribution is 2.27. The first-order valence-corrected chi connectivity index (χ1v) is 7.57. The molecule has 0 aliphatic heterocycles. The molecule has 1 fully saturated rings. The Morgan fingerprint density at radius 2 is 2.11 bits per heavy atom. The monoisotopic (exact) mass is 282 g/mol. The van der Waals surface area contributed by atoms with Crippen molar-refractivity contribution in [2.24, 2.45) is 0 Å². The Morgan fingerprint density at radius 1 is 1.37 bits per heavy atom. The number of halogens is 1. The van der Waals surface area contributed by atoms with Gasteiger partial charge in [-0.1, -0.05) is 31.9 Å². The van der Waals surface area contributed by atoms with Gasteiger partial charge in [-0.2, -0.15) is 0 Å². The highest BCUT2D eigenvalue weighted by atomic mass is 35.5. The molecule has 1 aliphatic carbocycles. The van der Waals surface area contributed by atoms with Gasteiger partial charge in [-0.05, 0) is 37.3 Å². The molecule has 0 bridgehead atoms. The van der Waals surface area contributed by atoms with E-state index >= 15 is 0 Å². The first-order chi connectivity index (χ1) is 9.15.